The summed E-state index contributed by atoms with van der Waals surface area (Å²) in [4.78, 5) is 38.8. The van der Waals surface area contributed by atoms with E-state index in [1.807, 2.05) is 42.5 Å². The van der Waals surface area contributed by atoms with Crippen molar-refractivity contribution in [2.24, 2.45) is 22.9 Å². The fourth-order valence-corrected chi connectivity index (χ4v) is 6.36. The second-order valence-corrected chi connectivity index (χ2v) is 10.8. The molecular weight excluding hydrogens is 492 g/mol. The van der Waals surface area contributed by atoms with Gasteiger partial charge < -0.3 is 9.47 Å². The highest BCUT2D eigenvalue weighted by atomic mass is 16.5. The zero-order valence-electron chi connectivity index (χ0n) is 22.0. The summed E-state index contributed by atoms with van der Waals surface area (Å²) in [5.74, 6) is -0.126. The molecule has 200 valence electrons. The van der Waals surface area contributed by atoms with Crippen molar-refractivity contribution in [3.63, 3.8) is 0 Å². The molecule has 2 aliphatic carbocycles. The minimum Gasteiger partial charge on any atom is -0.497 e. The zero-order chi connectivity index (χ0) is 26.9. The fourth-order valence-electron chi connectivity index (χ4n) is 6.36. The molecule has 0 radical (unpaired) electrons. The van der Waals surface area contributed by atoms with E-state index in [1.165, 1.54) is 5.01 Å². The molecule has 1 aliphatic heterocycles. The van der Waals surface area contributed by atoms with Crippen molar-refractivity contribution in [2.75, 3.05) is 13.7 Å². The maximum Gasteiger partial charge on any atom is 0.309 e. The van der Waals surface area contributed by atoms with Gasteiger partial charge in [-0.05, 0) is 65.8 Å². The predicted octanol–water partition coefficient (Wildman–Crippen LogP) is 5.46. The molecule has 39 heavy (non-hydrogen) atoms. The predicted molar refractivity (Wildman–Crippen MR) is 147 cm³/mol. The van der Waals surface area contributed by atoms with Gasteiger partial charge in [-0.15, -0.1) is 0 Å². The van der Waals surface area contributed by atoms with E-state index in [0.29, 0.717) is 25.0 Å². The second-order valence-electron chi connectivity index (χ2n) is 10.8. The second kappa shape index (κ2) is 10.6. The molecule has 0 saturated heterocycles. The van der Waals surface area contributed by atoms with Crippen LogP contribution in [0.15, 0.2) is 71.8 Å². The quantitative estimate of drug-likeness (QED) is 0.400. The van der Waals surface area contributed by atoms with Crippen molar-refractivity contribution in [3.8, 4) is 5.75 Å². The number of hydrogen-bond acceptors (Lipinski definition) is 6. The summed E-state index contributed by atoms with van der Waals surface area (Å²) in [5, 5.41) is 8.45. The summed E-state index contributed by atoms with van der Waals surface area (Å²) >= 11 is 0. The standard InChI is InChI=1S/C32H32N2O5/c1-38-27-13-11-21(12-14-27)29-18-28(23-10-9-20-5-2-3-6-22(20)15-23)33-34(29)30(35)19-39-32(37)26-16-24-7-4-8-25(17-26)31(24)36/h2-3,5-6,9-15,24-26,29H,4,7-8,16-19H2,1H3. The molecule has 1 amide bonds. The number of ether oxygens (including phenoxy) is 2. The number of carbonyl (C=O) groups is 3. The van der Waals surface area contributed by atoms with E-state index >= 15 is 0 Å². The molecule has 1 heterocycles. The summed E-state index contributed by atoms with van der Waals surface area (Å²) in [6.07, 6.45) is 4.35. The first kappa shape index (κ1) is 25.3. The molecule has 3 aliphatic rings. The van der Waals surface area contributed by atoms with Crippen molar-refractivity contribution in [2.45, 2.75) is 44.6 Å². The monoisotopic (exact) mass is 524 g/mol. The van der Waals surface area contributed by atoms with Crippen molar-refractivity contribution in [1.82, 2.24) is 5.01 Å². The van der Waals surface area contributed by atoms with Crippen LogP contribution in [-0.4, -0.2) is 42.1 Å². The third-order valence-corrected chi connectivity index (χ3v) is 8.47. The third kappa shape index (κ3) is 5.05. The largest absolute Gasteiger partial charge is 0.497 e. The minimum atomic E-state index is -0.383. The van der Waals surface area contributed by atoms with Gasteiger partial charge in [0.2, 0.25) is 0 Å². The fraction of sp³-hybridized carbons (Fsp3) is 0.375. The maximum atomic E-state index is 13.4. The molecule has 7 heteroatoms. The Hall–Kier alpha value is -4.00. The number of hydrogen-bond donors (Lipinski definition) is 0. The van der Waals surface area contributed by atoms with Crippen LogP contribution in [0.4, 0.5) is 0 Å². The summed E-state index contributed by atoms with van der Waals surface area (Å²) in [7, 11) is 1.62. The number of carbonyl (C=O) groups excluding carboxylic acids is 3. The number of Topliss-reactive ketones (excluding diaryl/α,β-unsaturated/α-hetero) is 1. The van der Waals surface area contributed by atoms with Gasteiger partial charge >= 0.3 is 5.97 Å². The minimum absolute atomic E-state index is 0.0436. The van der Waals surface area contributed by atoms with Crippen LogP contribution in [0.1, 0.15) is 55.7 Å². The molecular formula is C32H32N2O5. The van der Waals surface area contributed by atoms with Crippen LogP contribution >= 0.6 is 0 Å². The maximum absolute atomic E-state index is 13.4. The van der Waals surface area contributed by atoms with Gasteiger partial charge in [-0.1, -0.05) is 55.0 Å². The number of nitrogens with zero attached hydrogens (tertiary/aromatic N) is 2. The SMILES string of the molecule is COc1ccc(C2CC(c3ccc4ccccc4c3)=NN2C(=O)COC(=O)C2CC3CCCC(C2)C3=O)cc1. The molecule has 3 unspecified atom stereocenters. The number of methoxy groups -OCH3 is 1. The van der Waals surface area contributed by atoms with E-state index in [2.05, 4.69) is 24.3 Å². The normalized spacial score (nSPS) is 24.4. The Balaban J connectivity index is 1.20. The summed E-state index contributed by atoms with van der Waals surface area (Å²) in [6, 6.07) is 21.6. The number of rotatable bonds is 6. The van der Waals surface area contributed by atoms with Crippen LogP contribution in [0.5, 0.6) is 5.75 Å². The lowest BCUT2D eigenvalue weighted by atomic mass is 9.67. The highest BCUT2D eigenvalue weighted by Gasteiger charge is 2.42. The van der Waals surface area contributed by atoms with Gasteiger partial charge in [-0.25, -0.2) is 5.01 Å². The first-order valence-corrected chi connectivity index (χ1v) is 13.7. The number of amides is 1. The van der Waals surface area contributed by atoms with Gasteiger partial charge in [-0.3, -0.25) is 14.4 Å². The molecule has 2 fully saturated rings. The van der Waals surface area contributed by atoms with Gasteiger partial charge in [0.15, 0.2) is 6.61 Å². The average molecular weight is 525 g/mol. The number of fused-ring (bicyclic) bond motifs is 3. The highest BCUT2D eigenvalue weighted by Crippen LogP contribution is 2.40. The molecule has 3 aromatic carbocycles. The average Bonchev–Trinajstić information content (AvgIpc) is 3.41. The Morgan fingerprint density at radius 1 is 0.949 bits per heavy atom. The van der Waals surface area contributed by atoms with Gasteiger partial charge in [-0.2, -0.15) is 5.10 Å². The van der Waals surface area contributed by atoms with Crippen LogP contribution in [-0.2, 0) is 19.1 Å². The lowest BCUT2D eigenvalue weighted by Gasteiger charge is -2.36. The van der Waals surface area contributed by atoms with Crippen molar-refractivity contribution in [3.05, 3.63) is 77.9 Å². The lowest BCUT2D eigenvalue weighted by Crippen LogP contribution is -2.40. The lowest BCUT2D eigenvalue weighted by molar-refractivity contribution is -0.159. The van der Waals surface area contributed by atoms with Gasteiger partial charge in [0.1, 0.15) is 11.5 Å². The summed E-state index contributed by atoms with van der Waals surface area (Å²) < 4.78 is 10.9. The number of benzene rings is 3. The van der Waals surface area contributed by atoms with E-state index in [1.54, 1.807) is 7.11 Å². The number of esters is 1. The van der Waals surface area contributed by atoms with Gasteiger partial charge in [0.25, 0.3) is 5.91 Å². The molecule has 0 spiro atoms. The third-order valence-electron chi connectivity index (χ3n) is 8.47. The Morgan fingerprint density at radius 2 is 1.67 bits per heavy atom. The van der Waals surface area contributed by atoms with Crippen molar-refractivity contribution in [1.29, 1.82) is 0 Å². The van der Waals surface area contributed by atoms with Crippen molar-refractivity contribution >= 4 is 34.1 Å². The molecule has 3 atom stereocenters. The van der Waals surface area contributed by atoms with E-state index in [0.717, 1.165) is 52.6 Å². The van der Waals surface area contributed by atoms with Gasteiger partial charge in [0, 0.05) is 18.3 Å². The van der Waals surface area contributed by atoms with Crippen molar-refractivity contribution < 1.29 is 23.9 Å². The van der Waals surface area contributed by atoms with E-state index in [4.69, 9.17) is 14.6 Å². The molecule has 2 bridgehead atoms. The van der Waals surface area contributed by atoms with Crippen LogP contribution in [0, 0.1) is 17.8 Å². The Kier molecular flexibility index (Phi) is 6.90. The summed E-state index contributed by atoms with van der Waals surface area (Å²) in [5.41, 5.74) is 2.69. The molecule has 2 saturated carbocycles. The Labute approximate surface area is 227 Å². The Bertz CT molecular complexity index is 1430. The van der Waals surface area contributed by atoms with Crippen LogP contribution in [0.3, 0.4) is 0 Å². The zero-order valence-corrected chi connectivity index (χ0v) is 22.0. The van der Waals surface area contributed by atoms with Crippen LogP contribution in [0.25, 0.3) is 10.8 Å². The molecule has 7 nitrogen and oxygen atoms in total. The highest BCUT2D eigenvalue weighted by molar-refractivity contribution is 6.05. The first-order chi connectivity index (χ1) is 19.0. The molecule has 0 N–H and O–H groups in total. The molecule has 0 aromatic heterocycles. The number of hydrazone groups is 1. The Morgan fingerprint density at radius 3 is 2.38 bits per heavy atom. The molecule has 3 aromatic rings. The van der Waals surface area contributed by atoms with Gasteiger partial charge in [0.05, 0.1) is 24.8 Å². The van der Waals surface area contributed by atoms with Crippen LogP contribution in [0.2, 0.25) is 0 Å². The van der Waals surface area contributed by atoms with E-state index in [9.17, 15) is 14.4 Å². The smallest absolute Gasteiger partial charge is 0.309 e. The van der Waals surface area contributed by atoms with Crippen LogP contribution < -0.4 is 4.74 Å². The first-order valence-electron chi connectivity index (χ1n) is 13.7. The van der Waals surface area contributed by atoms with E-state index in [-0.39, 0.29) is 42.3 Å². The summed E-state index contributed by atoms with van der Waals surface area (Å²) in [6.45, 7) is -0.375. The number of ketones is 1. The van der Waals surface area contributed by atoms with E-state index < -0.39 is 0 Å². The topological polar surface area (TPSA) is 85.3 Å². The molecule has 6 rings (SSSR count).